The van der Waals surface area contributed by atoms with Crippen molar-refractivity contribution in [3.8, 4) is 5.75 Å². The number of hydrogen-bond acceptors (Lipinski definition) is 2. The first kappa shape index (κ1) is 11.2. The first-order chi connectivity index (χ1) is 6.41. The molecule has 0 N–H and O–H groups in total. The Bertz CT molecular complexity index is 339. The molecule has 0 heterocycles. The topological polar surface area (TPSA) is 26.3 Å². The molecule has 0 fully saturated rings. The van der Waals surface area contributed by atoms with Crippen molar-refractivity contribution in [3.63, 3.8) is 0 Å². The van der Waals surface area contributed by atoms with Crippen molar-refractivity contribution >= 4 is 20.5 Å². The van der Waals surface area contributed by atoms with Gasteiger partial charge >= 0.3 is 5.97 Å². The quantitative estimate of drug-likeness (QED) is 0.403. The lowest BCUT2D eigenvalue weighted by molar-refractivity contribution is -0.142. The van der Waals surface area contributed by atoms with Crippen molar-refractivity contribution in [2.24, 2.45) is 5.41 Å². The molecular formula is C11H15O2P. The fourth-order valence-electron chi connectivity index (χ4n) is 0.826. The molecule has 1 atom stereocenters. The van der Waals surface area contributed by atoms with Gasteiger partial charge in [-0.25, -0.2) is 0 Å². The van der Waals surface area contributed by atoms with Crippen LogP contribution < -0.4 is 10.0 Å². The second kappa shape index (κ2) is 4.10. The van der Waals surface area contributed by atoms with Crippen LogP contribution >= 0.6 is 9.24 Å². The van der Waals surface area contributed by atoms with Crippen LogP contribution in [-0.4, -0.2) is 5.97 Å². The summed E-state index contributed by atoms with van der Waals surface area (Å²) < 4.78 is 5.25. The summed E-state index contributed by atoms with van der Waals surface area (Å²) in [5.74, 6) is 0.393. The molecule has 1 aromatic carbocycles. The van der Waals surface area contributed by atoms with Gasteiger partial charge in [-0.05, 0) is 26.8 Å². The van der Waals surface area contributed by atoms with Gasteiger partial charge in [-0.15, -0.1) is 9.24 Å². The maximum Gasteiger partial charge on any atom is 0.316 e. The number of carbonyl (C=O) groups is 1. The Balaban J connectivity index is 2.80. The average molecular weight is 210 g/mol. The predicted octanol–water partition coefficient (Wildman–Crippen LogP) is 2.14. The van der Waals surface area contributed by atoms with Gasteiger partial charge in [0, 0.05) is 5.30 Å². The van der Waals surface area contributed by atoms with Gasteiger partial charge in [-0.2, -0.15) is 0 Å². The van der Waals surface area contributed by atoms with E-state index in [9.17, 15) is 4.79 Å². The number of ether oxygens (including phenoxy) is 1. The molecule has 0 aliphatic rings. The highest BCUT2D eigenvalue weighted by molar-refractivity contribution is 7.27. The third kappa shape index (κ3) is 2.81. The molecule has 0 aromatic heterocycles. The Morgan fingerprint density at radius 2 is 1.86 bits per heavy atom. The molecule has 0 aliphatic carbocycles. The average Bonchev–Trinajstić information content (AvgIpc) is 2.07. The maximum absolute atomic E-state index is 11.6. The van der Waals surface area contributed by atoms with Crippen molar-refractivity contribution in [3.05, 3.63) is 24.3 Å². The number of esters is 1. The molecule has 0 saturated heterocycles. The first-order valence-corrected chi connectivity index (χ1v) is 5.06. The monoisotopic (exact) mass is 210 g/mol. The van der Waals surface area contributed by atoms with E-state index in [4.69, 9.17) is 4.74 Å². The van der Waals surface area contributed by atoms with Crippen molar-refractivity contribution in [2.75, 3.05) is 0 Å². The summed E-state index contributed by atoms with van der Waals surface area (Å²) in [6, 6.07) is 7.41. The van der Waals surface area contributed by atoms with E-state index >= 15 is 0 Å². The Labute approximate surface area is 86.9 Å². The van der Waals surface area contributed by atoms with Crippen molar-refractivity contribution in [2.45, 2.75) is 20.8 Å². The lowest BCUT2D eigenvalue weighted by atomic mass is 9.97. The molecule has 0 spiro atoms. The van der Waals surface area contributed by atoms with Crippen molar-refractivity contribution in [1.82, 2.24) is 0 Å². The van der Waals surface area contributed by atoms with Crippen LogP contribution in [0.25, 0.3) is 0 Å². The SMILES string of the molecule is CC(C)(C)C(=O)Oc1ccccc1P. The summed E-state index contributed by atoms with van der Waals surface area (Å²) >= 11 is 0. The van der Waals surface area contributed by atoms with E-state index in [0.717, 1.165) is 5.30 Å². The number of carbonyl (C=O) groups excluding carboxylic acids is 1. The number of hydrogen-bond donors (Lipinski definition) is 0. The van der Waals surface area contributed by atoms with Gasteiger partial charge < -0.3 is 4.74 Å². The molecule has 1 aromatic rings. The van der Waals surface area contributed by atoms with E-state index < -0.39 is 5.41 Å². The standard InChI is InChI=1S/C11H15O2P/c1-11(2,3)10(12)13-8-6-4-5-7-9(8)14/h4-7H,14H2,1-3H3. The van der Waals surface area contributed by atoms with E-state index in [2.05, 4.69) is 9.24 Å². The van der Waals surface area contributed by atoms with Crippen LogP contribution in [0.3, 0.4) is 0 Å². The van der Waals surface area contributed by atoms with Crippen LogP contribution in [0.5, 0.6) is 5.75 Å². The second-order valence-electron chi connectivity index (χ2n) is 4.18. The summed E-state index contributed by atoms with van der Waals surface area (Å²) in [4.78, 5) is 11.6. The minimum absolute atomic E-state index is 0.215. The van der Waals surface area contributed by atoms with Gasteiger partial charge in [0.1, 0.15) is 5.75 Å². The minimum atomic E-state index is -0.465. The Hall–Kier alpha value is -0.880. The lowest BCUT2D eigenvalue weighted by Crippen LogP contribution is -2.26. The van der Waals surface area contributed by atoms with Crippen LogP contribution in [-0.2, 0) is 4.79 Å². The largest absolute Gasteiger partial charge is 0.425 e. The second-order valence-corrected chi connectivity index (χ2v) is 4.80. The summed E-state index contributed by atoms with van der Waals surface area (Å²) in [5, 5.41) is 0.894. The molecule has 0 saturated carbocycles. The van der Waals surface area contributed by atoms with Gasteiger partial charge in [-0.3, -0.25) is 4.79 Å². The Morgan fingerprint density at radius 1 is 1.29 bits per heavy atom. The van der Waals surface area contributed by atoms with Crippen LogP contribution in [0.2, 0.25) is 0 Å². The first-order valence-electron chi connectivity index (χ1n) is 4.48. The number of rotatable bonds is 1. The fourth-order valence-corrected chi connectivity index (χ4v) is 1.09. The number of para-hydroxylation sites is 1. The van der Waals surface area contributed by atoms with Gasteiger partial charge in [-0.1, -0.05) is 18.2 Å². The third-order valence-electron chi connectivity index (χ3n) is 1.73. The van der Waals surface area contributed by atoms with Gasteiger partial charge in [0.15, 0.2) is 0 Å². The highest BCUT2D eigenvalue weighted by Gasteiger charge is 2.23. The summed E-state index contributed by atoms with van der Waals surface area (Å²) in [6.45, 7) is 5.50. The molecule has 0 bridgehead atoms. The molecule has 1 unspecified atom stereocenters. The van der Waals surface area contributed by atoms with Crippen LogP contribution in [0, 0.1) is 5.41 Å². The van der Waals surface area contributed by atoms with Gasteiger partial charge in [0.25, 0.3) is 0 Å². The molecule has 1 rings (SSSR count). The molecule has 3 heteroatoms. The smallest absolute Gasteiger partial charge is 0.316 e. The van der Waals surface area contributed by atoms with Gasteiger partial charge in [0.2, 0.25) is 0 Å². The summed E-state index contributed by atoms with van der Waals surface area (Å²) in [7, 11) is 2.54. The van der Waals surface area contributed by atoms with E-state index in [1.54, 1.807) is 6.07 Å². The van der Waals surface area contributed by atoms with E-state index in [0.29, 0.717) is 5.75 Å². The molecule has 0 radical (unpaired) electrons. The molecular weight excluding hydrogens is 195 g/mol. The Kier molecular flexibility index (Phi) is 3.28. The fraction of sp³-hybridized carbons (Fsp3) is 0.364. The molecule has 76 valence electrons. The van der Waals surface area contributed by atoms with E-state index in [-0.39, 0.29) is 5.97 Å². The van der Waals surface area contributed by atoms with E-state index in [1.807, 2.05) is 39.0 Å². The highest BCUT2D eigenvalue weighted by Crippen LogP contribution is 2.18. The molecule has 0 aliphatic heterocycles. The summed E-state index contributed by atoms with van der Waals surface area (Å²) in [5.41, 5.74) is -0.465. The molecule has 2 nitrogen and oxygen atoms in total. The zero-order valence-corrected chi connectivity index (χ0v) is 9.86. The zero-order chi connectivity index (χ0) is 10.8. The normalized spacial score (nSPS) is 11.1. The zero-order valence-electron chi connectivity index (χ0n) is 8.70. The van der Waals surface area contributed by atoms with Crippen LogP contribution in [0.15, 0.2) is 24.3 Å². The third-order valence-corrected chi connectivity index (χ3v) is 2.21. The van der Waals surface area contributed by atoms with E-state index in [1.165, 1.54) is 0 Å². The molecule has 14 heavy (non-hydrogen) atoms. The van der Waals surface area contributed by atoms with Crippen molar-refractivity contribution < 1.29 is 9.53 Å². The van der Waals surface area contributed by atoms with Crippen LogP contribution in [0.4, 0.5) is 0 Å². The van der Waals surface area contributed by atoms with Crippen molar-refractivity contribution in [1.29, 1.82) is 0 Å². The predicted molar refractivity (Wildman–Crippen MR) is 60.9 cm³/mol. The van der Waals surface area contributed by atoms with Crippen LogP contribution in [0.1, 0.15) is 20.8 Å². The Morgan fingerprint density at radius 3 is 2.36 bits per heavy atom. The lowest BCUT2D eigenvalue weighted by Gasteiger charge is -2.17. The minimum Gasteiger partial charge on any atom is -0.425 e. The summed E-state index contributed by atoms with van der Waals surface area (Å²) in [6.07, 6.45) is 0. The molecule has 0 amide bonds. The van der Waals surface area contributed by atoms with Gasteiger partial charge in [0.05, 0.1) is 5.41 Å². The number of benzene rings is 1. The maximum atomic E-state index is 11.6. The highest BCUT2D eigenvalue weighted by atomic mass is 31.0.